The summed E-state index contributed by atoms with van der Waals surface area (Å²) in [7, 11) is 1.29. The number of methoxy groups -OCH3 is 1. The van der Waals surface area contributed by atoms with Crippen LogP contribution in [0.2, 0.25) is 0 Å². The maximum absolute atomic E-state index is 12.3. The van der Waals surface area contributed by atoms with E-state index in [0.29, 0.717) is 12.2 Å². The number of hydrogen-bond acceptors (Lipinski definition) is 4. The predicted molar refractivity (Wildman–Crippen MR) is 97.1 cm³/mol. The van der Waals surface area contributed by atoms with Gasteiger partial charge in [0.25, 0.3) is 0 Å². The van der Waals surface area contributed by atoms with Crippen LogP contribution >= 0.6 is 0 Å². The number of nitrogens with zero attached hydrogens (tertiary/aromatic N) is 1. The Labute approximate surface area is 147 Å². The number of esters is 1. The lowest BCUT2D eigenvalue weighted by molar-refractivity contribution is -0.137. The van der Waals surface area contributed by atoms with Crippen molar-refractivity contribution in [2.24, 2.45) is 0 Å². The first-order chi connectivity index (χ1) is 12.1. The zero-order valence-corrected chi connectivity index (χ0v) is 14.2. The van der Waals surface area contributed by atoms with Crippen molar-refractivity contribution in [3.63, 3.8) is 0 Å². The summed E-state index contributed by atoms with van der Waals surface area (Å²) in [6, 6.07) is 17.6. The minimum absolute atomic E-state index is 0.0650. The molecule has 25 heavy (non-hydrogen) atoms. The zero-order valence-electron chi connectivity index (χ0n) is 14.2. The first-order valence-electron chi connectivity index (χ1n) is 8.03. The molecule has 2 aromatic rings. The second-order valence-electron chi connectivity index (χ2n) is 5.79. The molecular formula is C21H19NO3. The van der Waals surface area contributed by atoms with E-state index in [-0.39, 0.29) is 11.4 Å². The Morgan fingerprint density at radius 1 is 1.00 bits per heavy atom. The highest BCUT2D eigenvalue weighted by Gasteiger charge is 2.28. The van der Waals surface area contributed by atoms with Gasteiger partial charge in [-0.25, -0.2) is 4.79 Å². The number of carbonyl (C=O) groups excluding carboxylic acids is 2. The van der Waals surface area contributed by atoms with Gasteiger partial charge in [0, 0.05) is 18.3 Å². The quantitative estimate of drug-likeness (QED) is 0.371. The minimum atomic E-state index is -0.620. The molecule has 0 atom stereocenters. The molecule has 0 spiro atoms. The van der Waals surface area contributed by atoms with Crippen molar-refractivity contribution < 1.29 is 14.3 Å². The van der Waals surface area contributed by atoms with Gasteiger partial charge in [0.05, 0.1) is 12.8 Å². The highest BCUT2D eigenvalue weighted by atomic mass is 16.5. The predicted octanol–water partition coefficient (Wildman–Crippen LogP) is 3.65. The van der Waals surface area contributed by atoms with Crippen molar-refractivity contribution >= 4 is 23.5 Å². The molecule has 0 N–H and O–H groups in total. The van der Waals surface area contributed by atoms with Gasteiger partial charge in [-0.05, 0) is 24.1 Å². The molecule has 4 nitrogen and oxygen atoms in total. The fourth-order valence-electron chi connectivity index (χ4n) is 2.96. The van der Waals surface area contributed by atoms with Crippen LogP contribution in [0.15, 0.2) is 66.4 Å². The highest BCUT2D eigenvalue weighted by molar-refractivity contribution is 6.22. The van der Waals surface area contributed by atoms with E-state index in [0.717, 1.165) is 16.7 Å². The molecule has 2 aromatic carbocycles. The van der Waals surface area contributed by atoms with Crippen molar-refractivity contribution in [3.05, 3.63) is 83.1 Å². The molecule has 3 rings (SSSR count). The fraction of sp³-hybridized carbons (Fsp3) is 0.143. The van der Waals surface area contributed by atoms with E-state index in [2.05, 4.69) is 0 Å². The van der Waals surface area contributed by atoms with Crippen LogP contribution in [0.5, 0.6) is 0 Å². The van der Waals surface area contributed by atoms with Crippen LogP contribution in [-0.4, -0.2) is 23.8 Å². The van der Waals surface area contributed by atoms with Gasteiger partial charge in [0.1, 0.15) is 5.57 Å². The van der Waals surface area contributed by atoms with Gasteiger partial charge in [0.15, 0.2) is 5.78 Å². The maximum Gasteiger partial charge on any atom is 0.343 e. The van der Waals surface area contributed by atoms with Crippen molar-refractivity contribution in [1.82, 2.24) is 4.90 Å². The molecule has 1 aliphatic heterocycles. The third-order valence-corrected chi connectivity index (χ3v) is 4.11. The Kier molecular flexibility index (Phi) is 4.80. The van der Waals surface area contributed by atoms with Gasteiger partial charge < -0.3 is 9.64 Å². The average Bonchev–Trinajstić information content (AvgIpc) is 2.63. The number of carbonyl (C=O) groups is 2. The molecule has 0 unspecified atom stereocenters. The molecule has 4 heteroatoms. The third kappa shape index (κ3) is 3.38. The number of benzene rings is 2. The number of Topliss-reactive ketones (excluding diaryl/α,β-unsaturated/α-hetero) is 1. The van der Waals surface area contributed by atoms with E-state index in [1.165, 1.54) is 14.0 Å². The summed E-state index contributed by atoms with van der Waals surface area (Å²) in [5, 5.41) is 0. The molecule has 0 fully saturated rings. The Morgan fingerprint density at radius 3 is 2.36 bits per heavy atom. The lowest BCUT2D eigenvalue weighted by Gasteiger charge is -2.30. The van der Waals surface area contributed by atoms with E-state index < -0.39 is 5.97 Å². The summed E-state index contributed by atoms with van der Waals surface area (Å²) >= 11 is 0. The van der Waals surface area contributed by atoms with Gasteiger partial charge >= 0.3 is 5.97 Å². The van der Waals surface area contributed by atoms with E-state index in [4.69, 9.17) is 4.74 Å². The molecule has 0 saturated heterocycles. The van der Waals surface area contributed by atoms with Crippen molar-refractivity contribution in [1.29, 1.82) is 0 Å². The van der Waals surface area contributed by atoms with E-state index in [1.54, 1.807) is 0 Å². The standard InChI is InChI=1S/C21H19NO3/c1-15(23)19(21(24)25-2)20-18-11-7-6-10-17(18)12-13-22(20)14-16-8-4-3-5-9-16/h3-13H,14H2,1-2H3/b20-19+. The molecular weight excluding hydrogens is 314 g/mol. The van der Waals surface area contributed by atoms with Gasteiger partial charge in [-0.3, -0.25) is 4.79 Å². The van der Waals surface area contributed by atoms with E-state index >= 15 is 0 Å². The summed E-state index contributed by atoms with van der Waals surface area (Å²) in [4.78, 5) is 26.5. The minimum Gasteiger partial charge on any atom is -0.465 e. The summed E-state index contributed by atoms with van der Waals surface area (Å²) < 4.78 is 4.87. The monoisotopic (exact) mass is 333 g/mol. The summed E-state index contributed by atoms with van der Waals surface area (Å²) in [5.74, 6) is -0.935. The zero-order chi connectivity index (χ0) is 17.8. The molecule has 1 heterocycles. The van der Waals surface area contributed by atoms with Crippen molar-refractivity contribution in [3.8, 4) is 0 Å². The Morgan fingerprint density at radius 2 is 1.68 bits per heavy atom. The number of hydrogen-bond donors (Lipinski definition) is 0. The smallest absolute Gasteiger partial charge is 0.343 e. The summed E-state index contributed by atoms with van der Waals surface area (Å²) in [6.45, 7) is 1.94. The van der Waals surface area contributed by atoms with Gasteiger partial charge in [-0.2, -0.15) is 0 Å². The fourth-order valence-corrected chi connectivity index (χ4v) is 2.96. The van der Waals surface area contributed by atoms with Gasteiger partial charge in [-0.15, -0.1) is 0 Å². The lowest BCUT2D eigenvalue weighted by Crippen LogP contribution is -2.25. The molecule has 0 saturated carbocycles. The molecule has 0 amide bonds. The largest absolute Gasteiger partial charge is 0.465 e. The Hall–Kier alpha value is -3.14. The number of fused-ring (bicyclic) bond motifs is 1. The number of ether oxygens (including phenoxy) is 1. The number of rotatable bonds is 4. The molecule has 0 aliphatic carbocycles. The molecule has 0 aromatic heterocycles. The lowest BCUT2D eigenvalue weighted by atomic mass is 9.95. The Balaban J connectivity index is 2.17. The Bertz CT molecular complexity index is 866. The van der Waals surface area contributed by atoms with E-state index in [1.807, 2.05) is 71.8 Å². The first-order valence-corrected chi connectivity index (χ1v) is 8.03. The molecule has 126 valence electrons. The normalized spacial score (nSPS) is 14.7. The maximum atomic E-state index is 12.3. The van der Waals surface area contributed by atoms with Crippen LogP contribution in [0.25, 0.3) is 11.8 Å². The van der Waals surface area contributed by atoms with Crippen molar-refractivity contribution in [2.45, 2.75) is 13.5 Å². The topological polar surface area (TPSA) is 46.6 Å². The van der Waals surface area contributed by atoms with Crippen LogP contribution in [0, 0.1) is 0 Å². The van der Waals surface area contributed by atoms with Gasteiger partial charge in [-0.1, -0.05) is 54.6 Å². The van der Waals surface area contributed by atoms with Gasteiger partial charge in [0.2, 0.25) is 0 Å². The second-order valence-corrected chi connectivity index (χ2v) is 5.79. The molecule has 1 aliphatic rings. The van der Waals surface area contributed by atoms with Crippen LogP contribution < -0.4 is 0 Å². The SMILES string of the molecule is COC(=O)/C(C(C)=O)=C1\c2ccccc2C=CN1Cc1ccccc1. The highest BCUT2D eigenvalue weighted by Crippen LogP contribution is 2.33. The second kappa shape index (κ2) is 7.18. The number of ketones is 1. The van der Waals surface area contributed by atoms with Crippen LogP contribution in [-0.2, 0) is 20.9 Å². The average molecular weight is 333 g/mol. The molecule has 0 bridgehead atoms. The summed E-state index contributed by atoms with van der Waals surface area (Å²) in [5.41, 5.74) is 3.54. The van der Waals surface area contributed by atoms with E-state index in [9.17, 15) is 9.59 Å². The third-order valence-electron chi connectivity index (χ3n) is 4.11. The van der Waals surface area contributed by atoms with Crippen LogP contribution in [0.4, 0.5) is 0 Å². The van der Waals surface area contributed by atoms with Crippen molar-refractivity contribution in [2.75, 3.05) is 7.11 Å². The summed E-state index contributed by atoms with van der Waals surface area (Å²) in [6.07, 6.45) is 3.88. The van der Waals surface area contributed by atoms with Crippen LogP contribution in [0.3, 0.4) is 0 Å². The molecule has 0 radical (unpaired) electrons. The first kappa shape index (κ1) is 16.7. The van der Waals surface area contributed by atoms with Crippen LogP contribution in [0.1, 0.15) is 23.6 Å².